The molecule has 16 heavy (non-hydrogen) atoms. The van der Waals surface area contributed by atoms with Gasteiger partial charge in [-0.05, 0) is 13.0 Å². The van der Waals surface area contributed by atoms with Gasteiger partial charge in [0, 0.05) is 17.0 Å². The molecule has 0 aliphatic carbocycles. The smallest absolute Gasteiger partial charge is 0.324 e. The van der Waals surface area contributed by atoms with Crippen LogP contribution >= 0.6 is 11.3 Å². The molecule has 0 aromatic carbocycles. The SMILES string of the molecule is CCOC(=O)C[C@@H](N)c1ccc([N+](=O)[O-])s1. The molecule has 1 rings (SSSR count). The molecule has 0 fully saturated rings. The molecule has 0 unspecified atom stereocenters. The average molecular weight is 244 g/mol. The number of hydrogen-bond donors (Lipinski definition) is 1. The molecule has 6 nitrogen and oxygen atoms in total. The maximum atomic E-state index is 11.1. The van der Waals surface area contributed by atoms with Crippen LogP contribution in [-0.2, 0) is 9.53 Å². The standard InChI is InChI=1S/C9H12N2O4S/c1-2-15-9(12)5-6(10)7-3-4-8(16-7)11(13)14/h3-4,6H,2,5,10H2,1H3/t6-/m1/s1. The van der Waals surface area contributed by atoms with Crippen molar-refractivity contribution in [2.45, 2.75) is 19.4 Å². The molecule has 1 heterocycles. The van der Waals surface area contributed by atoms with Gasteiger partial charge >= 0.3 is 11.0 Å². The summed E-state index contributed by atoms with van der Waals surface area (Å²) in [7, 11) is 0. The van der Waals surface area contributed by atoms with E-state index in [2.05, 4.69) is 0 Å². The molecule has 0 radical (unpaired) electrons. The first kappa shape index (κ1) is 12.6. The van der Waals surface area contributed by atoms with Crippen LogP contribution in [0.5, 0.6) is 0 Å². The van der Waals surface area contributed by atoms with Crippen LogP contribution in [0.4, 0.5) is 5.00 Å². The first-order valence-corrected chi connectivity index (χ1v) is 5.51. The summed E-state index contributed by atoms with van der Waals surface area (Å²) >= 11 is 0.977. The second-order valence-electron chi connectivity index (χ2n) is 3.05. The van der Waals surface area contributed by atoms with Crippen molar-refractivity contribution in [1.82, 2.24) is 0 Å². The second-order valence-corrected chi connectivity index (χ2v) is 4.14. The summed E-state index contributed by atoms with van der Waals surface area (Å²) in [6, 6.07) is 2.40. The van der Waals surface area contributed by atoms with Gasteiger partial charge in [0.25, 0.3) is 0 Å². The van der Waals surface area contributed by atoms with Gasteiger partial charge in [-0.25, -0.2) is 0 Å². The Bertz CT molecular complexity index is 391. The summed E-state index contributed by atoms with van der Waals surface area (Å²) in [4.78, 5) is 21.7. The van der Waals surface area contributed by atoms with Gasteiger partial charge in [0.1, 0.15) is 0 Å². The van der Waals surface area contributed by atoms with E-state index in [0.29, 0.717) is 11.5 Å². The molecule has 0 aliphatic rings. The Morgan fingerprint density at radius 2 is 2.38 bits per heavy atom. The molecule has 0 saturated carbocycles. The van der Waals surface area contributed by atoms with E-state index in [1.54, 1.807) is 13.0 Å². The van der Waals surface area contributed by atoms with Crippen molar-refractivity contribution in [1.29, 1.82) is 0 Å². The van der Waals surface area contributed by atoms with Gasteiger partial charge in [-0.2, -0.15) is 0 Å². The van der Waals surface area contributed by atoms with E-state index < -0.39 is 16.9 Å². The minimum absolute atomic E-state index is 0.0225. The van der Waals surface area contributed by atoms with Gasteiger partial charge in [0.15, 0.2) is 0 Å². The summed E-state index contributed by atoms with van der Waals surface area (Å²) < 4.78 is 4.74. The number of nitrogens with two attached hydrogens (primary N) is 1. The molecule has 1 aromatic heterocycles. The fourth-order valence-electron chi connectivity index (χ4n) is 1.14. The van der Waals surface area contributed by atoms with Crippen molar-refractivity contribution in [3.05, 3.63) is 27.1 Å². The van der Waals surface area contributed by atoms with E-state index in [-0.39, 0.29) is 11.4 Å². The molecule has 0 aliphatic heterocycles. The lowest BCUT2D eigenvalue weighted by atomic mass is 10.2. The molecule has 0 saturated heterocycles. The zero-order valence-corrected chi connectivity index (χ0v) is 9.53. The van der Waals surface area contributed by atoms with Crippen molar-refractivity contribution in [2.75, 3.05) is 6.61 Å². The van der Waals surface area contributed by atoms with Crippen LogP contribution in [0.3, 0.4) is 0 Å². The third kappa shape index (κ3) is 3.28. The highest BCUT2D eigenvalue weighted by molar-refractivity contribution is 7.15. The van der Waals surface area contributed by atoms with Crippen molar-refractivity contribution >= 4 is 22.3 Å². The third-order valence-electron chi connectivity index (χ3n) is 1.85. The number of carbonyl (C=O) groups excluding carboxylic acids is 1. The first-order chi connectivity index (χ1) is 7.54. The van der Waals surface area contributed by atoms with E-state index in [9.17, 15) is 14.9 Å². The van der Waals surface area contributed by atoms with Crippen molar-refractivity contribution in [3.8, 4) is 0 Å². The second kappa shape index (κ2) is 5.57. The number of esters is 1. The number of hydrogen-bond acceptors (Lipinski definition) is 6. The highest BCUT2D eigenvalue weighted by Gasteiger charge is 2.17. The van der Waals surface area contributed by atoms with E-state index in [4.69, 9.17) is 10.5 Å². The zero-order chi connectivity index (χ0) is 12.1. The van der Waals surface area contributed by atoms with Crippen molar-refractivity contribution in [2.24, 2.45) is 5.73 Å². The topological polar surface area (TPSA) is 95.5 Å². The minimum atomic E-state index is -0.544. The molecule has 0 amide bonds. The van der Waals surface area contributed by atoms with E-state index >= 15 is 0 Å². The number of rotatable bonds is 5. The van der Waals surface area contributed by atoms with Crippen molar-refractivity contribution < 1.29 is 14.5 Å². The Labute approximate surface area is 96.2 Å². The van der Waals surface area contributed by atoms with Crippen LogP contribution in [-0.4, -0.2) is 17.5 Å². The lowest BCUT2D eigenvalue weighted by Gasteiger charge is -2.07. The van der Waals surface area contributed by atoms with E-state index in [0.717, 1.165) is 11.3 Å². The number of nitro groups is 1. The van der Waals surface area contributed by atoms with Crippen LogP contribution in [0, 0.1) is 10.1 Å². The van der Waals surface area contributed by atoms with Gasteiger partial charge in [-0.1, -0.05) is 11.3 Å². The quantitative estimate of drug-likeness (QED) is 0.482. The Hall–Kier alpha value is -1.47. The number of nitrogens with zero attached hydrogens (tertiary/aromatic N) is 1. The fourth-order valence-corrected chi connectivity index (χ4v) is 1.96. The summed E-state index contributed by atoms with van der Waals surface area (Å²) in [5.74, 6) is -0.397. The Morgan fingerprint density at radius 1 is 1.69 bits per heavy atom. The number of ether oxygens (including phenoxy) is 1. The first-order valence-electron chi connectivity index (χ1n) is 4.70. The molecular weight excluding hydrogens is 232 g/mol. The molecule has 1 aromatic rings. The summed E-state index contributed by atoms with van der Waals surface area (Å²) in [6.07, 6.45) is 0.0332. The van der Waals surface area contributed by atoms with Crippen molar-refractivity contribution in [3.63, 3.8) is 0 Å². The fraction of sp³-hybridized carbons (Fsp3) is 0.444. The molecular formula is C9H12N2O4S. The lowest BCUT2D eigenvalue weighted by molar-refractivity contribution is -0.380. The van der Waals surface area contributed by atoms with Crippen LogP contribution in [0.1, 0.15) is 24.3 Å². The molecule has 0 spiro atoms. The van der Waals surface area contributed by atoms with Gasteiger partial charge in [-0.15, -0.1) is 0 Å². The molecule has 0 bridgehead atoms. The highest BCUT2D eigenvalue weighted by atomic mass is 32.1. The average Bonchev–Trinajstić information content (AvgIpc) is 2.66. The predicted molar refractivity (Wildman–Crippen MR) is 59.2 cm³/mol. The zero-order valence-electron chi connectivity index (χ0n) is 8.71. The van der Waals surface area contributed by atoms with Crippen LogP contribution < -0.4 is 5.73 Å². The maximum Gasteiger partial charge on any atom is 0.324 e. The number of thiophene rings is 1. The van der Waals surface area contributed by atoms with E-state index in [1.165, 1.54) is 6.07 Å². The van der Waals surface area contributed by atoms with Crippen LogP contribution in [0.15, 0.2) is 12.1 Å². The Balaban J connectivity index is 2.62. The largest absolute Gasteiger partial charge is 0.466 e. The van der Waals surface area contributed by atoms with Gasteiger partial charge in [-0.3, -0.25) is 14.9 Å². The lowest BCUT2D eigenvalue weighted by Crippen LogP contribution is -2.16. The normalized spacial score (nSPS) is 12.1. The van der Waals surface area contributed by atoms with Crippen LogP contribution in [0.25, 0.3) is 0 Å². The monoisotopic (exact) mass is 244 g/mol. The highest BCUT2D eigenvalue weighted by Crippen LogP contribution is 2.29. The minimum Gasteiger partial charge on any atom is -0.466 e. The molecule has 7 heteroatoms. The van der Waals surface area contributed by atoms with Gasteiger partial charge in [0.2, 0.25) is 0 Å². The molecule has 1 atom stereocenters. The predicted octanol–water partition coefficient (Wildman–Crippen LogP) is 1.61. The molecule has 2 N–H and O–H groups in total. The molecule has 88 valence electrons. The maximum absolute atomic E-state index is 11.1. The summed E-state index contributed by atoms with van der Waals surface area (Å²) in [5, 5.41) is 10.5. The van der Waals surface area contributed by atoms with Crippen LogP contribution in [0.2, 0.25) is 0 Å². The Morgan fingerprint density at radius 3 is 2.88 bits per heavy atom. The Kier molecular flexibility index (Phi) is 4.39. The van der Waals surface area contributed by atoms with Gasteiger partial charge in [0.05, 0.1) is 18.0 Å². The van der Waals surface area contributed by atoms with Gasteiger partial charge < -0.3 is 10.5 Å². The van der Waals surface area contributed by atoms with E-state index in [1.807, 2.05) is 0 Å². The summed E-state index contributed by atoms with van der Waals surface area (Å²) in [6.45, 7) is 2.01. The third-order valence-corrected chi connectivity index (χ3v) is 3.02. The number of carbonyl (C=O) groups is 1. The summed E-state index contributed by atoms with van der Waals surface area (Å²) in [5.41, 5.74) is 5.73.